The second-order valence-electron chi connectivity index (χ2n) is 5.11. The van der Waals surface area contributed by atoms with Gasteiger partial charge in [-0.15, -0.1) is 0 Å². The van der Waals surface area contributed by atoms with Crippen LogP contribution in [0.5, 0.6) is 0 Å². The van der Waals surface area contributed by atoms with Crippen LogP contribution in [-0.2, 0) is 4.79 Å². The van der Waals surface area contributed by atoms with Gasteiger partial charge in [-0.2, -0.15) is 0 Å². The summed E-state index contributed by atoms with van der Waals surface area (Å²) in [4.78, 5) is 11.2. The molecule has 0 bridgehead atoms. The molecule has 5 nitrogen and oxygen atoms in total. The Kier molecular flexibility index (Phi) is 5.43. The predicted molar refractivity (Wildman–Crippen MR) is 68.3 cm³/mol. The van der Waals surface area contributed by atoms with Gasteiger partial charge in [0.15, 0.2) is 0 Å². The second kappa shape index (κ2) is 6.38. The summed E-state index contributed by atoms with van der Waals surface area (Å²) in [5, 5.41) is 24.7. The van der Waals surface area contributed by atoms with Gasteiger partial charge in [-0.1, -0.05) is 13.2 Å². The lowest BCUT2D eigenvalue weighted by molar-refractivity contribution is -0.142. The molecule has 0 aromatic carbocycles. The van der Waals surface area contributed by atoms with Gasteiger partial charge in [-0.05, 0) is 32.8 Å². The van der Waals surface area contributed by atoms with Crippen molar-refractivity contribution in [1.29, 1.82) is 0 Å². The minimum absolute atomic E-state index is 0.213. The largest absolute Gasteiger partial charge is 0.480 e. The van der Waals surface area contributed by atoms with Crippen LogP contribution in [0.4, 0.5) is 0 Å². The summed E-state index contributed by atoms with van der Waals surface area (Å²) in [5.41, 5.74) is -0.213. The maximum Gasteiger partial charge on any atom is 0.321 e. The SMILES string of the molecule is CNCC1(CCCB(C)O)CCNC1C(=O)O. The number of carboxylic acids is 1. The molecule has 4 N–H and O–H groups in total. The number of aliphatic carboxylic acids is 1. The number of hydrogen-bond acceptors (Lipinski definition) is 4. The van der Waals surface area contributed by atoms with Crippen molar-refractivity contribution in [3.63, 3.8) is 0 Å². The quantitative estimate of drug-likeness (QED) is 0.474. The van der Waals surface area contributed by atoms with E-state index in [1.165, 1.54) is 0 Å². The third-order valence-corrected chi connectivity index (χ3v) is 3.66. The van der Waals surface area contributed by atoms with Crippen LogP contribution in [0.1, 0.15) is 19.3 Å². The Labute approximate surface area is 103 Å². The molecule has 1 rings (SSSR count). The molecule has 6 heteroatoms. The fourth-order valence-electron chi connectivity index (χ4n) is 2.83. The topological polar surface area (TPSA) is 81.6 Å². The molecule has 0 aromatic rings. The van der Waals surface area contributed by atoms with E-state index in [2.05, 4.69) is 10.6 Å². The molecule has 0 amide bonds. The second-order valence-corrected chi connectivity index (χ2v) is 5.11. The highest BCUT2D eigenvalue weighted by atomic mass is 16.4. The number of nitrogens with one attached hydrogen (secondary N) is 2. The smallest absolute Gasteiger partial charge is 0.321 e. The lowest BCUT2D eigenvalue weighted by atomic mass is 9.64. The normalized spacial score (nSPS) is 28.3. The average molecular weight is 242 g/mol. The van der Waals surface area contributed by atoms with Gasteiger partial charge in [0, 0.05) is 12.0 Å². The molecule has 1 saturated heterocycles. The zero-order valence-corrected chi connectivity index (χ0v) is 10.7. The minimum atomic E-state index is -0.769. The number of carbonyl (C=O) groups is 1. The highest BCUT2D eigenvalue weighted by molar-refractivity contribution is 6.48. The van der Waals surface area contributed by atoms with Gasteiger partial charge in [0.05, 0.1) is 0 Å². The van der Waals surface area contributed by atoms with E-state index >= 15 is 0 Å². The van der Waals surface area contributed by atoms with E-state index in [9.17, 15) is 14.9 Å². The molecule has 1 heterocycles. The molecule has 0 saturated carbocycles. The van der Waals surface area contributed by atoms with E-state index < -0.39 is 12.0 Å². The van der Waals surface area contributed by atoms with Gasteiger partial charge in [0.2, 0.25) is 0 Å². The lowest BCUT2D eigenvalue weighted by Gasteiger charge is -2.32. The van der Waals surface area contributed by atoms with Crippen LogP contribution in [0, 0.1) is 5.41 Å². The molecular weight excluding hydrogens is 219 g/mol. The Hall–Kier alpha value is -0.585. The molecule has 0 radical (unpaired) electrons. The van der Waals surface area contributed by atoms with Gasteiger partial charge < -0.3 is 20.8 Å². The number of hydrogen-bond donors (Lipinski definition) is 4. The van der Waals surface area contributed by atoms with E-state index in [-0.39, 0.29) is 12.3 Å². The fraction of sp³-hybridized carbons (Fsp3) is 0.909. The van der Waals surface area contributed by atoms with E-state index in [0.29, 0.717) is 6.54 Å². The number of rotatable bonds is 7. The molecule has 17 heavy (non-hydrogen) atoms. The predicted octanol–water partition coefficient (Wildman–Crippen LogP) is 0.0325. The Balaban J connectivity index is 2.63. The first-order valence-corrected chi connectivity index (χ1v) is 6.31. The van der Waals surface area contributed by atoms with Gasteiger partial charge in [0.1, 0.15) is 6.04 Å². The molecule has 98 valence electrons. The lowest BCUT2D eigenvalue weighted by Crippen LogP contribution is -2.48. The molecule has 1 aliphatic rings. The van der Waals surface area contributed by atoms with Gasteiger partial charge in [-0.3, -0.25) is 4.79 Å². The van der Waals surface area contributed by atoms with Crippen LogP contribution in [0.25, 0.3) is 0 Å². The van der Waals surface area contributed by atoms with Gasteiger partial charge >= 0.3 is 5.97 Å². The Morgan fingerprint density at radius 2 is 2.35 bits per heavy atom. The van der Waals surface area contributed by atoms with Crippen LogP contribution in [0.3, 0.4) is 0 Å². The molecule has 2 unspecified atom stereocenters. The summed E-state index contributed by atoms with van der Waals surface area (Å²) in [5.74, 6) is -0.769. The van der Waals surface area contributed by atoms with Crippen molar-refractivity contribution < 1.29 is 14.9 Å². The van der Waals surface area contributed by atoms with Crippen molar-refractivity contribution in [2.75, 3.05) is 20.1 Å². The standard InChI is InChI=1S/C11H23BN2O3/c1-12(17)6-3-4-11(8-13-2)5-7-14-9(11)10(15)16/h9,13-14,17H,3-8H2,1-2H3,(H,15,16). The molecule has 0 aliphatic carbocycles. The zero-order valence-electron chi connectivity index (χ0n) is 10.7. The third-order valence-electron chi connectivity index (χ3n) is 3.66. The van der Waals surface area contributed by atoms with Crippen molar-refractivity contribution in [2.24, 2.45) is 5.41 Å². The third kappa shape index (κ3) is 3.69. The molecular formula is C11H23BN2O3. The van der Waals surface area contributed by atoms with Crippen LogP contribution < -0.4 is 10.6 Å². The fourth-order valence-corrected chi connectivity index (χ4v) is 2.83. The van der Waals surface area contributed by atoms with Crippen molar-refractivity contribution >= 4 is 12.9 Å². The van der Waals surface area contributed by atoms with Crippen LogP contribution in [0.2, 0.25) is 13.1 Å². The molecule has 1 aliphatic heterocycles. The molecule has 1 fully saturated rings. The monoisotopic (exact) mass is 242 g/mol. The van der Waals surface area contributed by atoms with Crippen molar-refractivity contribution in [1.82, 2.24) is 10.6 Å². The van der Waals surface area contributed by atoms with E-state index in [1.54, 1.807) is 6.82 Å². The zero-order chi connectivity index (χ0) is 12.9. The number of carboxylic acid groups (broad SMARTS) is 1. The minimum Gasteiger partial charge on any atom is -0.480 e. The maximum absolute atomic E-state index is 11.2. The van der Waals surface area contributed by atoms with E-state index in [0.717, 1.165) is 32.1 Å². The van der Waals surface area contributed by atoms with Crippen LogP contribution >= 0.6 is 0 Å². The van der Waals surface area contributed by atoms with Crippen LogP contribution in [-0.4, -0.2) is 49.2 Å². The Morgan fingerprint density at radius 3 is 2.88 bits per heavy atom. The van der Waals surface area contributed by atoms with Gasteiger partial charge in [-0.25, -0.2) is 0 Å². The Bertz CT molecular complexity index is 263. The first-order valence-electron chi connectivity index (χ1n) is 6.31. The average Bonchev–Trinajstić information content (AvgIpc) is 2.62. The summed E-state index contributed by atoms with van der Waals surface area (Å²) in [7, 11) is 1.85. The van der Waals surface area contributed by atoms with E-state index in [1.807, 2.05) is 7.05 Å². The first-order chi connectivity index (χ1) is 8.02. The highest BCUT2D eigenvalue weighted by Gasteiger charge is 2.45. The van der Waals surface area contributed by atoms with Crippen molar-refractivity contribution in [3.05, 3.63) is 0 Å². The maximum atomic E-state index is 11.2. The van der Waals surface area contributed by atoms with E-state index in [4.69, 9.17) is 0 Å². The first kappa shape index (κ1) is 14.5. The van der Waals surface area contributed by atoms with Gasteiger partial charge in [0.25, 0.3) is 6.92 Å². The van der Waals surface area contributed by atoms with Crippen molar-refractivity contribution in [2.45, 2.75) is 38.4 Å². The molecule has 0 aromatic heterocycles. The Morgan fingerprint density at radius 1 is 1.65 bits per heavy atom. The summed E-state index contributed by atoms with van der Waals surface area (Å²) >= 11 is 0. The molecule has 2 atom stereocenters. The summed E-state index contributed by atoms with van der Waals surface area (Å²) in [6.07, 6.45) is 3.32. The van der Waals surface area contributed by atoms with Crippen LogP contribution in [0.15, 0.2) is 0 Å². The molecule has 0 spiro atoms. The highest BCUT2D eigenvalue weighted by Crippen LogP contribution is 2.36. The summed E-state index contributed by atoms with van der Waals surface area (Å²) < 4.78 is 0. The summed E-state index contributed by atoms with van der Waals surface area (Å²) in [6, 6.07) is -0.469. The summed E-state index contributed by atoms with van der Waals surface area (Å²) in [6.45, 7) is 2.93. The van der Waals surface area contributed by atoms with Crippen molar-refractivity contribution in [3.8, 4) is 0 Å².